The Balaban J connectivity index is 1.37. The van der Waals surface area contributed by atoms with Crippen LogP contribution in [0.4, 0.5) is 20.5 Å². The maximum Gasteiger partial charge on any atom is 0.269 e. The SMILES string of the molecule is CCN1CCN(Cc2ccc(Nc3ncc(F)c(-c4cc(F)c5ncc(=O)n(C(C)C)c5c4)n3)nc2)CC1. The number of pyridine rings is 1. The van der Waals surface area contributed by atoms with Gasteiger partial charge in [0, 0.05) is 50.5 Å². The molecular formula is C27H30F2N8O. The van der Waals surface area contributed by atoms with Gasteiger partial charge >= 0.3 is 0 Å². The van der Waals surface area contributed by atoms with Crippen molar-refractivity contribution in [2.24, 2.45) is 0 Å². The third-order valence-electron chi connectivity index (χ3n) is 6.76. The number of nitrogens with zero attached hydrogens (tertiary/aromatic N) is 7. The number of fused-ring (bicyclic) bond motifs is 1. The van der Waals surface area contributed by atoms with Gasteiger partial charge in [-0.3, -0.25) is 9.69 Å². The van der Waals surface area contributed by atoms with Gasteiger partial charge in [0.1, 0.15) is 17.0 Å². The molecule has 3 aromatic heterocycles. The normalized spacial score (nSPS) is 14.9. The first-order valence-corrected chi connectivity index (χ1v) is 12.7. The molecule has 5 rings (SSSR count). The zero-order valence-electron chi connectivity index (χ0n) is 21.7. The van der Waals surface area contributed by atoms with Gasteiger partial charge in [0.25, 0.3) is 5.56 Å². The Morgan fingerprint density at radius 2 is 1.71 bits per heavy atom. The van der Waals surface area contributed by atoms with Gasteiger partial charge in [-0.25, -0.2) is 28.7 Å². The van der Waals surface area contributed by atoms with E-state index in [0.717, 1.165) is 63.3 Å². The topological polar surface area (TPSA) is 92.1 Å². The van der Waals surface area contributed by atoms with Crippen LogP contribution in [-0.4, -0.2) is 67.0 Å². The summed E-state index contributed by atoms with van der Waals surface area (Å²) in [6.07, 6.45) is 3.91. The van der Waals surface area contributed by atoms with E-state index in [1.807, 2.05) is 26.0 Å². The third-order valence-corrected chi connectivity index (χ3v) is 6.76. The lowest BCUT2D eigenvalue weighted by Crippen LogP contribution is -2.45. The molecule has 0 radical (unpaired) electrons. The van der Waals surface area contributed by atoms with Crippen LogP contribution in [0.3, 0.4) is 0 Å². The number of rotatable bonds is 7. The smallest absolute Gasteiger partial charge is 0.269 e. The van der Waals surface area contributed by atoms with Gasteiger partial charge in [0.2, 0.25) is 5.95 Å². The summed E-state index contributed by atoms with van der Waals surface area (Å²) in [7, 11) is 0. The van der Waals surface area contributed by atoms with Crippen molar-refractivity contribution in [1.82, 2.24) is 34.3 Å². The summed E-state index contributed by atoms with van der Waals surface area (Å²) in [6, 6.07) is 6.25. The molecule has 1 N–H and O–H groups in total. The highest BCUT2D eigenvalue weighted by Gasteiger charge is 2.18. The van der Waals surface area contributed by atoms with E-state index in [0.29, 0.717) is 5.82 Å². The van der Waals surface area contributed by atoms with Gasteiger partial charge in [-0.2, -0.15) is 0 Å². The number of aromatic nitrogens is 5. The fraction of sp³-hybridized carbons (Fsp3) is 0.370. The van der Waals surface area contributed by atoms with E-state index in [1.54, 1.807) is 6.20 Å². The number of likely N-dealkylation sites (N-methyl/N-ethyl adjacent to an activating group) is 1. The molecule has 0 unspecified atom stereocenters. The Morgan fingerprint density at radius 1 is 0.947 bits per heavy atom. The molecule has 4 aromatic rings. The van der Waals surface area contributed by atoms with E-state index in [4.69, 9.17) is 0 Å². The highest BCUT2D eigenvalue weighted by atomic mass is 19.1. The fourth-order valence-corrected chi connectivity index (χ4v) is 4.72. The van der Waals surface area contributed by atoms with Crippen LogP contribution in [0.15, 0.2) is 47.7 Å². The number of nitrogens with one attached hydrogen (secondary N) is 1. The molecule has 0 atom stereocenters. The molecule has 198 valence electrons. The monoisotopic (exact) mass is 520 g/mol. The first-order chi connectivity index (χ1) is 18.3. The standard InChI is InChI=1S/C27H30F2N8O/c1-4-35-7-9-36(10-8-35)16-18-5-6-23(30-13-18)33-27-32-14-21(29)25(34-27)19-11-20(28)26-22(12-19)37(17(2)3)24(38)15-31-26/h5-6,11-15,17H,4,7-10,16H2,1-3H3,(H,30,32,33,34). The van der Waals surface area contributed by atoms with Crippen LogP contribution in [0.1, 0.15) is 32.4 Å². The lowest BCUT2D eigenvalue weighted by Gasteiger charge is -2.33. The van der Waals surface area contributed by atoms with Gasteiger partial charge in [-0.15, -0.1) is 0 Å². The molecule has 0 aliphatic carbocycles. The van der Waals surface area contributed by atoms with E-state index in [-0.39, 0.29) is 39.8 Å². The summed E-state index contributed by atoms with van der Waals surface area (Å²) in [6.45, 7) is 11.9. The molecule has 4 heterocycles. The molecule has 0 bridgehead atoms. The molecule has 0 saturated carbocycles. The molecular weight excluding hydrogens is 490 g/mol. The van der Waals surface area contributed by atoms with E-state index in [9.17, 15) is 13.6 Å². The first kappa shape index (κ1) is 25.8. The predicted octanol–water partition coefficient (Wildman–Crippen LogP) is 3.99. The minimum Gasteiger partial charge on any atom is -0.309 e. The van der Waals surface area contributed by atoms with Crippen LogP contribution in [0.25, 0.3) is 22.3 Å². The number of benzene rings is 1. The predicted molar refractivity (Wildman–Crippen MR) is 142 cm³/mol. The largest absolute Gasteiger partial charge is 0.309 e. The molecule has 0 amide bonds. The molecule has 1 aliphatic rings. The highest BCUT2D eigenvalue weighted by Crippen LogP contribution is 2.28. The number of hydrogen-bond donors (Lipinski definition) is 1. The average Bonchev–Trinajstić information content (AvgIpc) is 2.90. The summed E-state index contributed by atoms with van der Waals surface area (Å²) in [5.74, 6) is -0.772. The molecule has 1 aromatic carbocycles. The molecule has 0 spiro atoms. The molecule has 1 fully saturated rings. The first-order valence-electron chi connectivity index (χ1n) is 12.7. The van der Waals surface area contributed by atoms with Crippen molar-refractivity contribution in [1.29, 1.82) is 0 Å². The maximum absolute atomic E-state index is 15.0. The van der Waals surface area contributed by atoms with Crippen molar-refractivity contribution in [3.63, 3.8) is 0 Å². The van der Waals surface area contributed by atoms with Crippen molar-refractivity contribution in [3.8, 4) is 11.3 Å². The minimum atomic E-state index is -0.719. The average molecular weight is 521 g/mol. The van der Waals surface area contributed by atoms with Crippen molar-refractivity contribution >= 4 is 22.8 Å². The number of anilines is 2. The minimum absolute atomic E-state index is 0.0337. The summed E-state index contributed by atoms with van der Waals surface area (Å²) < 4.78 is 31.2. The van der Waals surface area contributed by atoms with Crippen molar-refractivity contribution < 1.29 is 8.78 Å². The van der Waals surface area contributed by atoms with Crippen molar-refractivity contribution in [2.45, 2.75) is 33.4 Å². The highest BCUT2D eigenvalue weighted by molar-refractivity contribution is 5.82. The summed E-state index contributed by atoms with van der Waals surface area (Å²) >= 11 is 0. The van der Waals surface area contributed by atoms with Gasteiger partial charge in [0.15, 0.2) is 11.6 Å². The second-order valence-corrected chi connectivity index (χ2v) is 9.66. The van der Waals surface area contributed by atoms with Gasteiger partial charge in [0.05, 0.1) is 17.9 Å². The van der Waals surface area contributed by atoms with E-state index < -0.39 is 11.6 Å². The van der Waals surface area contributed by atoms with Crippen LogP contribution >= 0.6 is 0 Å². The van der Waals surface area contributed by atoms with Crippen molar-refractivity contribution in [2.75, 3.05) is 38.0 Å². The van der Waals surface area contributed by atoms with Crippen LogP contribution in [-0.2, 0) is 6.54 Å². The zero-order valence-corrected chi connectivity index (χ0v) is 21.7. The summed E-state index contributed by atoms with van der Waals surface area (Å²) in [5, 5.41) is 2.99. The quantitative estimate of drug-likeness (QED) is 0.391. The van der Waals surface area contributed by atoms with Crippen LogP contribution < -0.4 is 10.9 Å². The van der Waals surface area contributed by atoms with Gasteiger partial charge in [-0.05, 0) is 44.2 Å². The van der Waals surface area contributed by atoms with Gasteiger partial charge < -0.3 is 14.8 Å². The van der Waals surface area contributed by atoms with Crippen LogP contribution in [0.2, 0.25) is 0 Å². The molecule has 1 aliphatic heterocycles. The molecule has 38 heavy (non-hydrogen) atoms. The van der Waals surface area contributed by atoms with E-state index in [1.165, 1.54) is 10.6 Å². The molecule has 1 saturated heterocycles. The fourth-order valence-electron chi connectivity index (χ4n) is 4.72. The van der Waals surface area contributed by atoms with Crippen LogP contribution in [0, 0.1) is 11.6 Å². The number of piperazine rings is 1. The number of hydrogen-bond acceptors (Lipinski definition) is 8. The molecule has 9 nitrogen and oxygen atoms in total. The summed E-state index contributed by atoms with van der Waals surface area (Å²) in [4.78, 5) is 33.9. The molecule has 11 heteroatoms. The van der Waals surface area contributed by atoms with Crippen LogP contribution in [0.5, 0.6) is 0 Å². The second kappa shape index (κ2) is 10.9. The zero-order chi connectivity index (χ0) is 26.8. The van der Waals surface area contributed by atoms with E-state index in [2.05, 4.69) is 42.0 Å². The Kier molecular flexibility index (Phi) is 7.39. The van der Waals surface area contributed by atoms with Gasteiger partial charge in [-0.1, -0.05) is 13.0 Å². The van der Waals surface area contributed by atoms with E-state index >= 15 is 0 Å². The Morgan fingerprint density at radius 3 is 2.39 bits per heavy atom. The lowest BCUT2D eigenvalue weighted by molar-refractivity contribution is 0.132. The third kappa shape index (κ3) is 5.39. The Bertz CT molecular complexity index is 1500. The second-order valence-electron chi connectivity index (χ2n) is 9.66. The Hall–Kier alpha value is -3.83. The van der Waals surface area contributed by atoms with Crippen molar-refractivity contribution in [3.05, 3.63) is 70.4 Å². The summed E-state index contributed by atoms with van der Waals surface area (Å²) in [5.41, 5.74) is 1.10. The lowest BCUT2D eigenvalue weighted by atomic mass is 10.1. The Labute approximate surface area is 219 Å². The maximum atomic E-state index is 15.0. The number of halogens is 2.